The summed E-state index contributed by atoms with van der Waals surface area (Å²) in [6.07, 6.45) is 0.721. The van der Waals surface area contributed by atoms with Crippen LogP contribution in [0.5, 0.6) is 5.75 Å². The number of urea groups is 1. The zero-order valence-corrected chi connectivity index (χ0v) is 19.5. The summed E-state index contributed by atoms with van der Waals surface area (Å²) in [7, 11) is 0. The number of amides is 3. The second kappa shape index (κ2) is 9.44. The van der Waals surface area contributed by atoms with Gasteiger partial charge in [-0.15, -0.1) is 0 Å². The molecule has 1 heterocycles. The summed E-state index contributed by atoms with van der Waals surface area (Å²) < 4.78 is 11.1. The first-order chi connectivity index (χ1) is 15.6. The van der Waals surface area contributed by atoms with E-state index in [1.165, 1.54) is 9.80 Å². The monoisotopic (exact) mass is 452 g/mol. The van der Waals surface area contributed by atoms with E-state index < -0.39 is 17.6 Å². The van der Waals surface area contributed by atoms with Crippen molar-refractivity contribution in [3.63, 3.8) is 0 Å². The van der Waals surface area contributed by atoms with Gasteiger partial charge in [-0.25, -0.2) is 9.59 Å². The van der Waals surface area contributed by atoms with Crippen LogP contribution in [0.1, 0.15) is 47.8 Å². The van der Waals surface area contributed by atoms with Crippen molar-refractivity contribution in [2.24, 2.45) is 0 Å². The van der Waals surface area contributed by atoms with E-state index in [1.54, 1.807) is 45.0 Å². The smallest absolute Gasteiger partial charge is 0.349 e. The largest absolute Gasteiger partial charge is 0.476 e. The summed E-state index contributed by atoms with van der Waals surface area (Å²) >= 11 is 0. The Balaban J connectivity index is 1.78. The van der Waals surface area contributed by atoms with Crippen molar-refractivity contribution in [2.45, 2.75) is 46.8 Å². The Morgan fingerprint density at radius 3 is 2.24 bits per heavy atom. The van der Waals surface area contributed by atoms with Gasteiger partial charge in [0, 0.05) is 11.3 Å². The Morgan fingerprint density at radius 1 is 1.09 bits per heavy atom. The van der Waals surface area contributed by atoms with E-state index in [2.05, 4.69) is 0 Å². The number of anilines is 1. The van der Waals surface area contributed by atoms with Crippen LogP contribution < -0.4 is 9.64 Å². The van der Waals surface area contributed by atoms with E-state index in [4.69, 9.17) is 9.47 Å². The van der Waals surface area contributed by atoms with Gasteiger partial charge < -0.3 is 9.47 Å². The van der Waals surface area contributed by atoms with E-state index in [9.17, 15) is 19.2 Å². The molecule has 8 nitrogen and oxygen atoms in total. The molecule has 0 aromatic heterocycles. The molecule has 1 aliphatic rings. The van der Waals surface area contributed by atoms with E-state index in [0.29, 0.717) is 17.0 Å². The molecule has 1 saturated heterocycles. The molecular weight excluding hydrogens is 424 g/mol. The molecule has 3 rings (SSSR count). The summed E-state index contributed by atoms with van der Waals surface area (Å²) in [5.41, 5.74) is 2.22. The average Bonchev–Trinajstić information content (AvgIpc) is 3.05. The van der Waals surface area contributed by atoms with Gasteiger partial charge in [-0.05, 0) is 75.6 Å². The first-order valence-corrected chi connectivity index (χ1v) is 10.7. The zero-order valence-electron chi connectivity index (χ0n) is 19.5. The molecule has 0 aliphatic carbocycles. The number of hydrogen-bond donors (Lipinski definition) is 0. The van der Waals surface area contributed by atoms with Crippen molar-refractivity contribution in [3.05, 3.63) is 58.7 Å². The number of aryl methyl sites for hydroxylation is 2. The molecule has 3 amide bonds. The Bertz CT molecular complexity index is 1070. The molecule has 2 aromatic rings. The van der Waals surface area contributed by atoms with E-state index in [0.717, 1.165) is 23.0 Å². The second-order valence-electron chi connectivity index (χ2n) is 8.45. The molecule has 2 aromatic carbocycles. The SMILES string of the molecule is CCOC(=O)C(C)(C)Oc1c(C)cc(CN2C(=O)CN(c3ccc(C=O)cc3)C2=O)cc1C. The number of imide groups is 1. The molecule has 0 N–H and O–H groups in total. The van der Waals surface area contributed by atoms with Crippen LogP contribution in [0.4, 0.5) is 10.5 Å². The third kappa shape index (κ3) is 5.05. The molecule has 0 atom stereocenters. The lowest BCUT2D eigenvalue weighted by Crippen LogP contribution is -2.40. The van der Waals surface area contributed by atoms with Gasteiger partial charge >= 0.3 is 12.0 Å². The minimum atomic E-state index is -1.16. The minimum Gasteiger partial charge on any atom is -0.476 e. The van der Waals surface area contributed by atoms with Gasteiger partial charge in [0.1, 0.15) is 18.6 Å². The van der Waals surface area contributed by atoms with Crippen LogP contribution >= 0.6 is 0 Å². The average molecular weight is 453 g/mol. The van der Waals surface area contributed by atoms with Crippen LogP contribution in [-0.4, -0.2) is 47.8 Å². The van der Waals surface area contributed by atoms with Gasteiger partial charge in [-0.1, -0.05) is 12.1 Å². The number of ether oxygens (including phenoxy) is 2. The second-order valence-corrected chi connectivity index (χ2v) is 8.45. The lowest BCUT2D eigenvalue weighted by Gasteiger charge is -2.26. The summed E-state index contributed by atoms with van der Waals surface area (Å²) in [6, 6.07) is 9.75. The van der Waals surface area contributed by atoms with Gasteiger partial charge in [-0.2, -0.15) is 0 Å². The summed E-state index contributed by atoms with van der Waals surface area (Å²) in [4.78, 5) is 51.1. The minimum absolute atomic E-state index is 0.0633. The van der Waals surface area contributed by atoms with Crippen LogP contribution in [-0.2, 0) is 20.9 Å². The van der Waals surface area contributed by atoms with E-state index in [-0.39, 0.29) is 25.6 Å². The Hall–Kier alpha value is -3.68. The first kappa shape index (κ1) is 24.0. The highest BCUT2D eigenvalue weighted by atomic mass is 16.6. The molecular formula is C25H28N2O6. The van der Waals surface area contributed by atoms with Crippen molar-refractivity contribution in [2.75, 3.05) is 18.1 Å². The fourth-order valence-corrected chi connectivity index (χ4v) is 3.71. The maximum Gasteiger partial charge on any atom is 0.349 e. The molecule has 0 bridgehead atoms. The van der Waals surface area contributed by atoms with E-state index in [1.807, 2.05) is 26.0 Å². The van der Waals surface area contributed by atoms with Gasteiger partial charge in [0.25, 0.3) is 5.91 Å². The predicted molar refractivity (Wildman–Crippen MR) is 122 cm³/mol. The molecule has 8 heteroatoms. The third-order valence-corrected chi connectivity index (χ3v) is 5.38. The molecule has 33 heavy (non-hydrogen) atoms. The molecule has 0 unspecified atom stereocenters. The highest BCUT2D eigenvalue weighted by molar-refractivity contribution is 6.12. The van der Waals surface area contributed by atoms with Crippen molar-refractivity contribution < 1.29 is 28.7 Å². The molecule has 0 saturated carbocycles. The number of benzene rings is 2. The molecule has 0 radical (unpaired) electrons. The molecule has 1 aliphatic heterocycles. The van der Waals surface area contributed by atoms with Crippen LogP contribution in [0.2, 0.25) is 0 Å². The fourth-order valence-electron chi connectivity index (χ4n) is 3.71. The van der Waals surface area contributed by atoms with E-state index >= 15 is 0 Å². The lowest BCUT2D eigenvalue weighted by atomic mass is 10.0. The highest BCUT2D eigenvalue weighted by Crippen LogP contribution is 2.30. The summed E-state index contributed by atoms with van der Waals surface area (Å²) in [6.45, 7) is 9.05. The van der Waals surface area contributed by atoms with Gasteiger partial charge in [0.05, 0.1) is 13.2 Å². The number of carbonyl (C=O) groups is 4. The van der Waals surface area contributed by atoms with Crippen LogP contribution in [0.3, 0.4) is 0 Å². The number of carbonyl (C=O) groups excluding carboxylic acids is 4. The Kier molecular flexibility index (Phi) is 6.86. The normalized spacial score (nSPS) is 14.0. The van der Waals surface area contributed by atoms with Crippen LogP contribution in [0.15, 0.2) is 36.4 Å². The van der Waals surface area contributed by atoms with Gasteiger partial charge in [-0.3, -0.25) is 19.4 Å². The van der Waals surface area contributed by atoms with Crippen molar-refractivity contribution in [1.29, 1.82) is 0 Å². The van der Waals surface area contributed by atoms with Crippen molar-refractivity contribution in [1.82, 2.24) is 4.90 Å². The maximum atomic E-state index is 12.9. The fraction of sp³-hybridized carbons (Fsp3) is 0.360. The van der Waals surface area contributed by atoms with Crippen molar-refractivity contribution in [3.8, 4) is 5.75 Å². The third-order valence-electron chi connectivity index (χ3n) is 5.38. The highest BCUT2D eigenvalue weighted by Gasteiger charge is 2.37. The number of aldehydes is 1. The quantitative estimate of drug-likeness (QED) is 0.344. The van der Waals surface area contributed by atoms with Crippen LogP contribution in [0.25, 0.3) is 0 Å². The summed E-state index contributed by atoms with van der Waals surface area (Å²) in [5.74, 6) is -0.200. The zero-order chi connectivity index (χ0) is 24.3. The lowest BCUT2D eigenvalue weighted by molar-refractivity contribution is -0.158. The standard InChI is InChI=1S/C25H28N2O6/c1-6-32-23(30)25(4,5)33-22-16(2)11-19(12-17(22)3)13-27-21(29)14-26(24(27)31)20-9-7-18(15-28)8-10-20/h7-12,15H,6,13-14H2,1-5H3. The van der Waals surface area contributed by atoms with Gasteiger partial charge in [0.2, 0.25) is 0 Å². The molecule has 1 fully saturated rings. The van der Waals surface area contributed by atoms with Crippen molar-refractivity contribution >= 4 is 29.9 Å². The predicted octanol–water partition coefficient (Wildman–Crippen LogP) is 3.81. The number of nitrogens with zero attached hydrogens (tertiary/aromatic N) is 2. The van der Waals surface area contributed by atoms with Gasteiger partial charge in [0.15, 0.2) is 5.60 Å². The molecule has 0 spiro atoms. The number of esters is 1. The number of rotatable bonds is 8. The maximum absolute atomic E-state index is 12.9. The molecule has 174 valence electrons. The summed E-state index contributed by atoms with van der Waals surface area (Å²) in [5, 5.41) is 0. The van der Waals surface area contributed by atoms with Crippen LogP contribution in [0, 0.1) is 13.8 Å². The topological polar surface area (TPSA) is 93.2 Å². The Labute approximate surface area is 193 Å². The number of hydrogen-bond acceptors (Lipinski definition) is 6. The first-order valence-electron chi connectivity index (χ1n) is 10.7. The Morgan fingerprint density at radius 2 is 1.70 bits per heavy atom.